The van der Waals surface area contributed by atoms with Crippen molar-refractivity contribution in [3.05, 3.63) is 101 Å². The van der Waals surface area contributed by atoms with E-state index in [1.807, 2.05) is 24.0 Å². The van der Waals surface area contributed by atoms with Crippen molar-refractivity contribution in [3.63, 3.8) is 0 Å². The molecular weight excluding hydrogens is 457 g/mol. The Morgan fingerprint density at radius 2 is 1.81 bits per heavy atom. The van der Waals surface area contributed by atoms with Crippen LogP contribution in [0.15, 0.2) is 73.1 Å². The van der Waals surface area contributed by atoms with Gasteiger partial charge in [0.2, 0.25) is 0 Å². The second-order valence-electron chi connectivity index (χ2n) is 9.06. The number of carbonyl (C=O) groups is 2. The highest BCUT2D eigenvalue weighted by molar-refractivity contribution is 5.95. The highest BCUT2D eigenvalue weighted by Gasteiger charge is 2.22. The maximum absolute atomic E-state index is 14.0. The average Bonchev–Trinajstić information content (AvgIpc) is 3.32. The Labute approximate surface area is 208 Å². The standard InChI is InChI=1S/C29H26FN3O3/c1-19-3-8-26(30)21(13-19)15-23(34)14-20-4-6-24(7-5-20)36-25-9-10-31-28(17-25)27-16-22(18-32-27)29(35)33-11-2-12-33/h3-10,13,16-18,32H,2,11-12,14-15H2,1H3. The molecule has 5 rings (SSSR count). The van der Waals surface area contributed by atoms with Crippen LogP contribution in [-0.2, 0) is 17.6 Å². The maximum atomic E-state index is 14.0. The van der Waals surface area contributed by atoms with Crippen LogP contribution in [0.25, 0.3) is 11.4 Å². The van der Waals surface area contributed by atoms with Gasteiger partial charge in [-0.05, 0) is 54.8 Å². The minimum absolute atomic E-state index is 0.0266. The van der Waals surface area contributed by atoms with Crippen molar-refractivity contribution in [2.24, 2.45) is 0 Å². The number of nitrogens with one attached hydrogen (secondary N) is 1. The average molecular weight is 484 g/mol. The predicted molar refractivity (Wildman–Crippen MR) is 135 cm³/mol. The summed E-state index contributed by atoms with van der Waals surface area (Å²) in [5.41, 5.74) is 4.21. The van der Waals surface area contributed by atoms with Crippen LogP contribution < -0.4 is 4.74 Å². The van der Waals surface area contributed by atoms with Gasteiger partial charge in [-0.2, -0.15) is 0 Å². The number of ether oxygens (including phenoxy) is 1. The molecule has 182 valence electrons. The molecule has 2 aromatic carbocycles. The number of halogens is 1. The summed E-state index contributed by atoms with van der Waals surface area (Å²) in [5, 5.41) is 0. The molecule has 1 fully saturated rings. The lowest BCUT2D eigenvalue weighted by Gasteiger charge is -2.30. The lowest BCUT2D eigenvalue weighted by molar-refractivity contribution is -0.117. The van der Waals surface area contributed by atoms with E-state index in [2.05, 4.69) is 9.97 Å². The molecule has 0 bridgehead atoms. The molecule has 1 amide bonds. The van der Waals surface area contributed by atoms with Crippen molar-refractivity contribution in [2.45, 2.75) is 26.2 Å². The lowest BCUT2D eigenvalue weighted by atomic mass is 10.0. The molecule has 1 saturated heterocycles. The van der Waals surface area contributed by atoms with Crippen LogP contribution in [0.3, 0.4) is 0 Å². The van der Waals surface area contributed by atoms with E-state index < -0.39 is 0 Å². The number of carbonyl (C=O) groups excluding carboxylic acids is 2. The van der Waals surface area contributed by atoms with Gasteiger partial charge < -0.3 is 14.6 Å². The number of Topliss-reactive ketones (excluding diaryl/α,β-unsaturated/α-hetero) is 1. The maximum Gasteiger partial charge on any atom is 0.255 e. The summed E-state index contributed by atoms with van der Waals surface area (Å²) in [5.74, 6) is 0.841. The molecule has 1 aliphatic heterocycles. The number of amides is 1. The number of likely N-dealkylation sites (tertiary alicyclic amines) is 1. The zero-order valence-electron chi connectivity index (χ0n) is 20.0. The van der Waals surface area contributed by atoms with Crippen molar-refractivity contribution < 1.29 is 18.7 Å². The normalized spacial score (nSPS) is 12.8. The highest BCUT2D eigenvalue weighted by Crippen LogP contribution is 2.26. The van der Waals surface area contributed by atoms with E-state index in [1.54, 1.807) is 54.9 Å². The summed E-state index contributed by atoms with van der Waals surface area (Å²) < 4.78 is 19.9. The van der Waals surface area contributed by atoms with Gasteiger partial charge in [0, 0.05) is 44.4 Å². The smallest absolute Gasteiger partial charge is 0.255 e. The minimum Gasteiger partial charge on any atom is -0.457 e. The summed E-state index contributed by atoms with van der Waals surface area (Å²) in [6, 6.07) is 17.4. The Hall–Kier alpha value is -4.26. The molecule has 36 heavy (non-hydrogen) atoms. The summed E-state index contributed by atoms with van der Waals surface area (Å²) in [6.07, 6.45) is 4.70. The van der Waals surface area contributed by atoms with Gasteiger partial charge in [-0.1, -0.05) is 29.8 Å². The van der Waals surface area contributed by atoms with Gasteiger partial charge in [0.25, 0.3) is 5.91 Å². The molecule has 0 radical (unpaired) electrons. The SMILES string of the molecule is Cc1ccc(F)c(CC(=O)Cc2ccc(Oc3ccnc(-c4cc(C(=O)N5CCC5)c[nH]4)c3)cc2)c1. The first-order valence-corrected chi connectivity index (χ1v) is 11.9. The van der Waals surface area contributed by atoms with Crippen molar-refractivity contribution in [2.75, 3.05) is 13.1 Å². The van der Waals surface area contributed by atoms with Gasteiger partial charge in [-0.3, -0.25) is 14.6 Å². The number of aryl methyl sites for hydroxylation is 1. The third kappa shape index (κ3) is 5.35. The first kappa shape index (κ1) is 23.5. The molecule has 3 heterocycles. The molecule has 7 heteroatoms. The van der Waals surface area contributed by atoms with Crippen LogP contribution in [0.2, 0.25) is 0 Å². The lowest BCUT2D eigenvalue weighted by Crippen LogP contribution is -2.41. The third-order valence-electron chi connectivity index (χ3n) is 6.23. The Morgan fingerprint density at radius 3 is 2.56 bits per heavy atom. The molecule has 1 aliphatic rings. The number of pyridine rings is 1. The minimum atomic E-state index is -0.354. The summed E-state index contributed by atoms with van der Waals surface area (Å²) in [7, 11) is 0. The molecule has 0 saturated carbocycles. The van der Waals surface area contributed by atoms with Gasteiger partial charge >= 0.3 is 0 Å². The van der Waals surface area contributed by atoms with Crippen LogP contribution in [0.5, 0.6) is 11.5 Å². The van der Waals surface area contributed by atoms with E-state index in [4.69, 9.17) is 4.74 Å². The van der Waals surface area contributed by atoms with E-state index in [0.29, 0.717) is 28.3 Å². The number of nitrogens with zero attached hydrogens (tertiary/aromatic N) is 2. The summed E-state index contributed by atoms with van der Waals surface area (Å²) >= 11 is 0. The van der Waals surface area contributed by atoms with Crippen LogP contribution in [-0.4, -0.2) is 39.6 Å². The number of hydrogen-bond acceptors (Lipinski definition) is 4. The molecule has 2 aromatic heterocycles. The predicted octanol–water partition coefficient (Wildman–Crippen LogP) is 5.52. The van der Waals surface area contributed by atoms with E-state index in [1.165, 1.54) is 6.07 Å². The van der Waals surface area contributed by atoms with Crippen LogP contribution in [0, 0.1) is 12.7 Å². The Kier molecular flexibility index (Phi) is 6.62. The molecule has 0 unspecified atom stereocenters. The number of ketones is 1. The first-order chi connectivity index (χ1) is 17.4. The fourth-order valence-electron chi connectivity index (χ4n) is 4.14. The van der Waals surface area contributed by atoms with Crippen molar-refractivity contribution in [3.8, 4) is 22.9 Å². The summed E-state index contributed by atoms with van der Waals surface area (Å²) in [4.78, 5) is 34.2. The Morgan fingerprint density at radius 1 is 1.00 bits per heavy atom. The molecule has 0 atom stereocenters. The topological polar surface area (TPSA) is 75.3 Å². The molecule has 6 nitrogen and oxygen atoms in total. The summed E-state index contributed by atoms with van der Waals surface area (Å²) in [6.45, 7) is 3.49. The van der Waals surface area contributed by atoms with Gasteiger partial charge in [0.1, 0.15) is 23.1 Å². The number of aromatic amines is 1. The number of hydrogen-bond donors (Lipinski definition) is 1. The number of rotatable bonds is 8. The Balaban J connectivity index is 1.21. The van der Waals surface area contributed by atoms with E-state index in [0.717, 1.165) is 36.3 Å². The zero-order chi connectivity index (χ0) is 25.1. The highest BCUT2D eigenvalue weighted by atomic mass is 19.1. The van der Waals surface area contributed by atoms with Gasteiger partial charge in [0.05, 0.1) is 17.0 Å². The van der Waals surface area contributed by atoms with Gasteiger partial charge in [0.15, 0.2) is 0 Å². The Bertz CT molecular complexity index is 1410. The van der Waals surface area contributed by atoms with Crippen LogP contribution in [0.1, 0.15) is 33.5 Å². The van der Waals surface area contributed by atoms with Gasteiger partial charge in [-0.25, -0.2) is 4.39 Å². The second kappa shape index (κ2) is 10.2. The first-order valence-electron chi connectivity index (χ1n) is 11.9. The van der Waals surface area contributed by atoms with Crippen molar-refractivity contribution >= 4 is 11.7 Å². The van der Waals surface area contributed by atoms with E-state index >= 15 is 0 Å². The van der Waals surface area contributed by atoms with E-state index in [-0.39, 0.29) is 30.3 Å². The number of H-pyrrole nitrogens is 1. The fourth-order valence-corrected chi connectivity index (χ4v) is 4.14. The molecule has 1 N–H and O–H groups in total. The molecule has 0 spiro atoms. The quantitative estimate of drug-likeness (QED) is 0.358. The largest absolute Gasteiger partial charge is 0.457 e. The monoisotopic (exact) mass is 483 g/mol. The third-order valence-corrected chi connectivity index (χ3v) is 6.23. The fraction of sp³-hybridized carbons (Fsp3) is 0.207. The number of benzene rings is 2. The molecule has 4 aromatic rings. The van der Waals surface area contributed by atoms with Gasteiger partial charge in [-0.15, -0.1) is 0 Å². The van der Waals surface area contributed by atoms with E-state index in [9.17, 15) is 14.0 Å². The molecule has 0 aliphatic carbocycles. The second-order valence-corrected chi connectivity index (χ2v) is 9.06. The van der Waals surface area contributed by atoms with Crippen molar-refractivity contribution in [1.29, 1.82) is 0 Å². The van der Waals surface area contributed by atoms with Crippen molar-refractivity contribution in [1.82, 2.24) is 14.9 Å². The van der Waals surface area contributed by atoms with Crippen LogP contribution in [0.4, 0.5) is 4.39 Å². The van der Waals surface area contributed by atoms with Crippen LogP contribution >= 0.6 is 0 Å². The number of aromatic nitrogens is 2. The molecular formula is C29H26FN3O3. The zero-order valence-corrected chi connectivity index (χ0v) is 20.0.